The van der Waals surface area contributed by atoms with Gasteiger partial charge < -0.3 is 20.9 Å². The first kappa shape index (κ1) is 38.3. The Balaban J connectivity index is 0.000000259. The average Bonchev–Trinajstić information content (AvgIpc) is 3.02. The lowest BCUT2D eigenvalue weighted by molar-refractivity contribution is 0.294. The highest BCUT2D eigenvalue weighted by Crippen LogP contribution is 2.24. The third-order valence-electron chi connectivity index (χ3n) is 7.79. The molecule has 0 aliphatic rings. The summed E-state index contributed by atoms with van der Waals surface area (Å²) >= 11 is 5.85. The van der Waals surface area contributed by atoms with Crippen LogP contribution < -0.4 is 11.1 Å². The minimum atomic E-state index is -0.294. The molecule has 45 heavy (non-hydrogen) atoms. The van der Waals surface area contributed by atoms with Crippen molar-refractivity contribution >= 4 is 39.1 Å². The molecule has 9 heteroatoms. The molecule has 6 nitrogen and oxygen atoms in total. The van der Waals surface area contributed by atoms with Gasteiger partial charge in [0.2, 0.25) is 0 Å². The van der Waals surface area contributed by atoms with Gasteiger partial charge in [0.15, 0.2) is 0 Å². The molecule has 3 N–H and O–H groups in total. The van der Waals surface area contributed by atoms with Gasteiger partial charge >= 0.3 is 0 Å². The van der Waals surface area contributed by atoms with Gasteiger partial charge in [0.05, 0.1) is 16.1 Å². The van der Waals surface area contributed by atoms with Crippen molar-refractivity contribution in [3.63, 3.8) is 0 Å². The van der Waals surface area contributed by atoms with Crippen molar-refractivity contribution < 1.29 is 8.78 Å². The number of anilines is 1. The molecule has 2 aromatic heterocycles. The zero-order chi connectivity index (χ0) is 33.2. The Morgan fingerprint density at radius 2 is 1.22 bits per heavy atom. The molecule has 0 radical (unpaired) electrons. The number of halogens is 3. The molecule has 2 heterocycles. The van der Waals surface area contributed by atoms with Crippen LogP contribution in [0.25, 0.3) is 21.8 Å². The summed E-state index contributed by atoms with van der Waals surface area (Å²) < 4.78 is 26.0. The van der Waals surface area contributed by atoms with Crippen LogP contribution in [-0.4, -0.2) is 71.1 Å². The lowest BCUT2D eigenvalue weighted by atomic mass is 10.1. The summed E-state index contributed by atoms with van der Waals surface area (Å²) in [5, 5.41) is 5.88. The van der Waals surface area contributed by atoms with Gasteiger partial charge in [-0.25, -0.2) is 8.78 Å². The van der Waals surface area contributed by atoms with Gasteiger partial charge in [-0.1, -0.05) is 39.3 Å². The summed E-state index contributed by atoms with van der Waals surface area (Å²) in [6, 6.07) is 13.5. The molecular formula is C36H53ClF2N6. The van der Waals surface area contributed by atoms with E-state index in [1.165, 1.54) is 43.7 Å². The topological polar surface area (TPSA) is 70.3 Å². The number of nitrogens with one attached hydrogen (secondary N) is 1. The van der Waals surface area contributed by atoms with Gasteiger partial charge in [-0.15, -0.1) is 0 Å². The summed E-state index contributed by atoms with van der Waals surface area (Å²) in [6.07, 6.45) is 7.96. The monoisotopic (exact) mass is 642 g/mol. The molecule has 0 bridgehead atoms. The standard InChI is InChI=1S/C18H26FN3.C9H5ClFN.C9H22N2/c1-4-22(5-2)12-6-7-14(3)21-17-10-11-20-18-13-15(19)8-9-16(17)18;10-8-3-4-12-9-5-6(11)1-2-7(8)9;1-4-11(5-2)8-6-7-9(3)10/h8-11,13-14H,4-7,12H2,1-3H3,(H,20,21);1-5H;9H,4-8,10H2,1-3H3. The van der Waals surface area contributed by atoms with E-state index in [1.807, 2.05) is 6.07 Å². The van der Waals surface area contributed by atoms with Crippen LogP contribution in [0.5, 0.6) is 0 Å². The predicted octanol–water partition coefficient (Wildman–Crippen LogP) is 8.78. The molecule has 0 saturated carbocycles. The number of pyridine rings is 2. The van der Waals surface area contributed by atoms with Crippen molar-refractivity contribution in [3.8, 4) is 0 Å². The summed E-state index contributed by atoms with van der Waals surface area (Å²) in [6.45, 7) is 20.0. The number of nitrogens with zero attached hydrogens (tertiary/aromatic N) is 4. The molecular weight excluding hydrogens is 590 g/mol. The van der Waals surface area contributed by atoms with E-state index in [9.17, 15) is 8.78 Å². The second kappa shape index (κ2) is 21.0. The lowest BCUT2D eigenvalue weighted by Gasteiger charge is -2.20. The Hall–Kier alpha value is -2.91. The minimum absolute atomic E-state index is 0.246. The minimum Gasteiger partial charge on any atom is -0.382 e. The van der Waals surface area contributed by atoms with E-state index in [0.29, 0.717) is 28.1 Å². The maximum atomic E-state index is 13.3. The van der Waals surface area contributed by atoms with Crippen LogP contribution in [0.15, 0.2) is 60.9 Å². The second-order valence-corrected chi connectivity index (χ2v) is 11.7. The number of rotatable bonds is 14. The fraction of sp³-hybridized carbons (Fsp3) is 0.500. The maximum absolute atomic E-state index is 13.3. The molecule has 248 valence electrons. The van der Waals surface area contributed by atoms with Crippen molar-refractivity contribution in [2.45, 2.75) is 79.3 Å². The van der Waals surface area contributed by atoms with Gasteiger partial charge in [0.1, 0.15) is 11.6 Å². The van der Waals surface area contributed by atoms with Crippen molar-refractivity contribution in [2.24, 2.45) is 5.73 Å². The smallest absolute Gasteiger partial charge is 0.125 e. The number of hydrogen-bond acceptors (Lipinski definition) is 6. The van der Waals surface area contributed by atoms with Crippen LogP contribution in [0.4, 0.5) is 14.5 Å². The van der Waals surface area contributed by atoms with E-state index >= 15 is 0 Å². The van der Waals surface area contributed by atoms with E-state index < -0.39 is 0 Å². The van der Waals surface area contributed by atoms with Crippen LogP contribution in [0.3, 0.4) is 0 Å². The van der Waals surface area contributed by atoms with Crippen molar-refractivity contribution in [2.75, 3.05) is 44.6 Å². The predicted molar refractivity (Wildman–Crippen MR) is 189 cm³/mol. The van der Waals surface area contributed by atoms with Crippen LogP contribution in [-0.2, 0) is 0 Å². The lowest BCUT2D eigenvalue weighted by Crippen LogP contribution is -2.25. The molecule has 0 fully saturated rings. The van der Waals surface area contributed by atoms with Crippen molar-refractivity contribution in [3.05, 3.63) is 77.6 Å². The van der Waals surface area contributed by atoms with Gasteiger partial charge in [-0.2, -0.15) is 0 Å². The Labute approximate surface area is 274 Å². The largest absolute Gasteiger partial charge is 0.382 e. The summed E-state index contributed by atoms with van der Waals surface area (Å²) in [5.74, 6) is -0.540. The van der Waals surface area contributed by atoms with E-state index in [2.05, 4.69) is 66.6 Å². The highest BCUT2D eigenvalue weighted by molar-refractivity contribution is 6.35. The Bertz CT molecular complexity index is 1390. The molecule has 0 aliphatic carbocycles. The molecule has 0 saturated heterocycles. The van der Waals surface area contributed by atoms with Crippen LogP contribution >= 0.6 is 11.6 Å². The third-order valence-corrected chi connectivity index (χ3v) is 8.12. The second-order valence-electron chi connectivity index (χ2n) is 11.3. The molecule has 4 aromatic rings. The van der Waals surface area contributed by atoms with Crippen molar-refractivity contribution in [1.29, 1.82) is 0 Å². The molecule has 0 spiro atoms. The number of hydrogen-bond donors (Lipinski definition) is 2. The molecule has 4 rings (SSSR count). The van der Waals surface area contributed by atoms with Crippen LogP contribution in [0.1, 0.15) is 67.2 Å². The Morgan fingerprint density at radius 3 is 1.76 bits per heavy atom. The number of nitrogens with two attached hydrogens (primary N) is 1. The fourth-order valence-electron chi connectivity index (χ4n) is 5.01. The zero-order valence-electron chi connectivity index (χ0n) is 28.0. The summed E-state index contributed by atoms with van der Waals surface area (Å²) in [5.41, 5.74) is 7.95. The summed E-state index contributed by atoms with van der Waals surface area (Å²) in [4.78, 5) is 13.1. The first-order valence-electron chi connectivity index (χ1n) is 16.3. The van der Waals surface area contributed by atoms with Gasteiger partial charge in [-0.05, 0) is 115 Å². The van der Waals surface area contributed by atoms with Crippen molar-refractivity contribution in [1.82, 2.24) is 19.8 Å². The fourth-order valence-corrected chi connectivity index (χ4v) is 5.22. The summed E-state index contributed by atoms with van der Waals surface area (Å²) in [7, 11) is 0. The number of aromatic nitrogens is 2. The maximum Gasteiger partial charge on any atom is 0.125 e. The number of benzene rings is 2. The van der Waals surface area contributed by atoms with Gasteiger partial charge in [0, 0.05) is 53.1 Å². The molecule has 0 amide bonds. The SMILES string of the molecule is CCN(CC)CCCC(C)N.CCN(CC)CCCC(C)Nc1ccnc2cc(F)ccc12.Fc1ccc2c(Cl)ccnc2c1. The average molecular weight is 643 g/mol. The Kier molecular flexibility index (Phi) is 17.9. The van der Waals surface area contributed by atoms with Crippen LogP contribution in [0, 0.1) is 11.6 Å². The van der Waals surface area contributed by atoms with Gasteiger partial charge in [0.25, 0.3) is 0 Å². The quantitative estimate of drug-likeness (QED) is 0.143. The molecule has 2 unspecified atom stereocenters. The molecule has 0 aliphatic heterocycles. The highest BCUT2D eigenvalue weighted by Gasteiger charge is 2.08. The van der Waals surface area contributed by atoms with E-state index in [-0.39, 0.29) is 11.6 Å². The number of fused-ring (bicyclic) bond motifs is 2. The van der Waals surface area contributed by atoms with E-state index in [0.717, 1.165) is 62.0 Å². The highest BCUT2D eigenvalue weighted by atomic mass is 35.5. The van der Waals surface area contributed by atoms with E-state index in [1.54, 1.807) is 30.6 Å². The first-order chi connectivity index (χ1) is 21.6. The molecule has 2 aromatic carbocycles. The Morgan fingerprint density at radius 1 is 0.733 bits per heavy atom. The zero-order valence-corrected chi connectivity index (χ0v) is 28.8. The van der Waals surface area contributed by atoms with Crippen LogP contribution in [0.2, 0.25) is 5.02 Å². The van der Waals surface area contributed by atoms with E-state index in [4.69, 9.17) is 17.3 Å². The van der Waals surface area contributed by atoms with Gasteiger partial charge in [-0.3, -0.25) is 9.97 Å². The molecule has 2 atom stereocenters. The third kappa shape index (κ3) is 13.9. The first-order valence-corrected chi connectivity index (χ1v) is 16.7. The normalized spacial score (nSPS) is 12.4.